The molecule has 4 heteroatoms. The van der Waals surface area contributed by atoms with Crippen molar-refractivity contribution in [3.8, 4) is 33.8 Å². The van der Waals surface area contributed by atoms with Crippen LogP contribution in [0.3, 0.4) is 0 Å². The molecule has 0 aliphatic rings. The van der Waals surface area contributed by atoms with Crippen molar-refractivity contribution in [3.05, 3.63) is 158 Å². The summed E-state index contributed by atoms with van der Waals surface area (Å²) in [6, 6.07) is 56.1. The summed E-state index contributed by atoms with van der Waals surface area (Å²) >= 11 is 1.76. The maximum Gasteiger partial charge on any atom is 0.161 e. The van der Waals surface area contributed by atoms with E-state index in [-0.39, 0.29) is 0 Å². The van der Waals surface area contributed by atoms with E-state index in [1.807, 2.05) is 12.1 Å². The normalized spacial score (nSPS) is 12.0. The van der Waals surface area contributed by atoms with Crippen molar-refractivity contribution in [1.29, 1.82) is 0 Å². The summed E-state index contributed by atoms with van der Waals surface area (Å²) in [5.74, 6) is 0.694. The van der Waals surface area contributed by atoms with Crippen molar-refractivity contribution >= 4 is 85.9 Å². The molecule has 0 saturated carbocycles. The molecule has 0 unspecified atom stereocenters. The highest BCUT2D eigenvalue weighted by Crippen LogP contribution is 2.43. The van der Waals surface area contributed by atoms with Crippen LogP contribution in [-0.2, 0) is 0 Å². The summed E-state index contributed by atoms with van der Waals surface area (Å²) in [6.45, 7) is 0. The van der Waals surface area contributed by atoms with Crippen molar-refractivity contribution in [1.82, 2.24) is 9.97 Å². The minimum atomic E-state index is 0.694. The van der Waals surface area contributed by atoms with E-state index in [2.05, 4.69) is 146 Å². The van der Waals surface area contributed by atoms with Gasteiger partial charge in [-0.3, -0.25) is 0 Å². The van der Waals surface area contributed by atoms with E-state index in [1.165, 1.54) is 42.6 Å². The van der Waals surface area contributed by atoms with Gasteiger partial charge in [-0.2, -0.15) is 0 Å². The van der Waals surface area contributed by atoms with Crippen LogP contribution in [0.5, 0.6) is 0 Å². The molecule has 0 N–H and O–H groups in total. The fraction of sp³-hybridized carbons (Fsp3) is 0. The van der Waals surface area contributed by atoms with Gasteiger partial charge in [-0.25, -0.2) is 9.97 Å². The molecule has 11 aromatic rings. The Labute approximate surface area is 290 Å². The molecular weight excluding hydrogens is 629 g/mol. The van der Waals surface area contributed by atoms with Crippen molar-refractivity contribution in [2.24, 2.45) is 0 Å². The first-order valence-corrected chi connectivity index (χ1v) is 17.6. The van der Waals surface area contributed by atoms with Gasteiger partial charge >= 0.3 is 0 Å². The zero-order valence-electron chi connectivity index (χ0n) is 26.7. The molecule has 0 spiro atoms. The average molecular weight is 655 g/mol. The first-order valence-electron chi connectivity index (χ1n) is 16.8. The lowest BCUT2D eigenvalue weighted by Gasteiger charge is -2.11. The maximum absolute atomic E-state index is 6.52. The third-order valence-corrected chi connectivity index (χ3v) is 11.2. The second kappa shape index (κ2) is 10.6. The lowest BCUT2D eigenvalue weighted by molar-refractivity contribution is 0.669. The van der Waals surface area contributed by atoms with Gasteiger partial charge in [0, 0.05) is 32.0 Å². The topological polar surface area (TPSA) is 38.9 Å². The molecule has 0 fully saturated rings. The molecule has 0 aliphatic carbocycles. The van der Waals surface area contributed by atoms with E-state index in [0.29, 0.717) is 5.82 Å². The Kier molecular flexibility index (Phi) is 5.83. The average Bonchev–Trinajstić information content (AvgIpc) is 3.75. The van der Waals surface area contributed by atoms with E-state index in [4.69, 9.17) is 14.4 Å². The van der Waals surface area contributed by atoms with Gasteiger partial charge in [-0.15, -0.1) is 11.3 Å². The van der Waals surface area contributed by atoms with Crippen LogP contribution in [-0.4, -0.2) is 9.97 Å². The van der Waals surface area contributed by atoms with E-state index in [9.17, 15) is 0 Å². The van der Waals surface area contributed by atoms with Gasteiger partial charge in [-0.1, -0.05) is 121 Å². The second-order valence-electron chi connectivity index (χ2n) is 12.9. The first kappa shape index (κ1) is 27.6. The second-order valence-corrected chi connectivity index (χ2v) is 14.0. The number of hydrogen-bond acceptors (Lipinski definition) is 4. The molecule has 232 valence electrons. The van der Waals surface area contributed by atoms with Crippen LogP contribution in [0, 0.1) is 0 Å². The summed E-state index contributed by atoms with van der Waals surface area (Å²) in [6.07, 6.45) is 0. The van der Waals surface area contributed by atoms with Crippen LogP contribution in [0.15, 0.2) is 162 Å². The highest BCUT2D eigenvalue weighted by molar-refractivity contribution is 7.26. The molecule has 0 atom stereocenters. The zero-order valence-corrected chi connectivity index (χ0v) is 27.5. The summed E-state index contributed by atoms with van der Waals surface area (Å²) in [7, 11) is 0. The van der Waals surface area contributed by atoms with Crippen molar-refractivity contribution in [2.45, 2.75) is 0 Å². The molecule has 3 heterocycles. The van der Waals surface area contributed by atoms with Crippen molar-refractivity contribution in [2.75, 3.05) is 0 Å². The van der Waals surface area contributed by atoms with E-state index in [1.54, 1.807) is 11.3 Å². The van der Waals surface area contributed by atoms with Gasteiger partial charge in [-0.05, 0) is 79.8 Å². The maximum atomic E-state index is 6.52. The number of nitrogens with zero attached hydrogens (tertiary/aromatic N) is 2. The van der Waals surface area contributed by atoms with Gasteiger partial charge in [0.05, 0.1) is 15.9 Å². The third kappa shape index (κ3) is 4.09. The quantitative estimate of drug-likeness (QED) is 0.178. The molecule has 3 aromatic heterocycles. The van der Waals surface area contributed by atoms with E-state index < -0.39 is 0 Å². The van der Waals surface area contributed by atoms with Crippen LogP contribution in [0.4, 0.5) is 0 Å². The van der Waals surface area contributed by atoms with Gasteiger partial charge in [0.15, 0.2) is 5.82 Å². The monoisotopic (exact) mass is 654 g/mol. The largest absolute Gasteiger partial charge is 0.456 e. The summed E-state index contributed by atoms with van der Waals surface area (Å²) < 4.78 is 8.82. The van der Waals surface area contributed by atoms with Gasteiger partial charge in [0.25, 0.3) is 0 Å². The number of benzene rings is 8. The van der Waals surface area contributed by atoms with Crippen LogP contribution < -0.4 is 0 Å². The Morgan fingerprint density at radius 1 is 0.440 bits per heavy atom. The molecule has 3 nitrogen and oxygen atoms in total. The van der Waals surface area contributed by atoms with Crippen LogP contribution in [0.2, 0.25) is 0 Å². The van der Waals surface area contributed by atoms with E-state index in [0.717, 1.165) is 59.9 Å². The SMILES string of the molecule is c1ccc2cc(-c3nc(-c4cccc5oc6ccc(-c7cc8ccccc8c8ccccc78)cc6c45)nc4c3sc3ccccc34)ccc2c1. The number of thiophene rings is 1. The molecule has 0 amide bonds. The molecule has 0 bridgehead atoms. The van der Waals surface area contributed by atoms with Gasteiger partial charge in [0.1, 0.15) is 11.2 Å². The Morgan fingerprint density at radius 2 is 1.18 bits per heavy atom. The number of fused-ring (bicyclic) bond motifs is 10. The predicted molar refractivity (Wildman–Crippen MR) is 211 cm³/mol. The fourth-order valence-electron chi connectivity index (χ4n) is 7.72. The van der Waals surface area contributed by atoms with E-state index >= 15 is 0 Å². The molecular formula is C46H26N2OS. The smallest absolute Gasteiger partial charge is 0.161 e. The number of hydrogen-bond donors (Lipinski definition) is 0. The van der Waals surface area contributed by atoms with Crippen molar-refractivity contribution < 1.29 is 4.42 Å². The lowest BCUT2D eigenvalue weighted by atomic mass is 9.92. The third-order valence-electron chi connectivity index (χ3n) is 10.1. The predicted octanol–water partition coefficient (Wildman–Crippen LogP) is 13.2. The minimum absolute atomic E-state index is 0.694. The Morgan fingerprint density at radius 3 is 2.08 bits per heavy atom. The van der Waals surface area contributed by atoms with Crippen molar-refractivity contribution in [3.63, 3.8) is 0 Å². The molecule has 50 heavy (non-hydrogen) atoms. The number of aromatic nitrogens is 2. The number of rotatable bonds is 3. The van der Waals surface area contributed by atoms with Gasteiger partial charge in [0.2, 0.25) is 0 Å². The fourth-order valence-corrected chi connectivity index (χ4v) is 8.87. The lowest BCUT2D eigenvalue weighted by Crippen LogP contribution is -1.94. The number of furan rings is 1. The summed E-state index contributed by atoms with van der Waals surface area (Å²) in [5, 5.41) is 10.6. The minimum Gasteiger partial charge on any atom is -0.456 e. The first-order chi connectivity index (χ1) is 24.8. The van der Waals surface area contributed by atoms with Gasteiger partial charge < -0.3 is 4.42 Å². The Bertz CT molecular complexity index is 3170. The van der Waals surface area contributed by atoms with Crippen LogP contribution in [0.1, 0.15) is 0 Å². The standard InChI is InChI=1S/C46H26N2OS/c1-2-11-28-24-31(21-20-27(28)10-1)43-45-44(35-16-7-8-19-41(35)50-45)48-46(47-43)36-17-9-18-40-42(36)38-26-30(22-23-39(38)49-40)37-25-29-12-3-4-13-32(29)33-14-5-6-15-34(33)37/h1-26H. The molecule has 8 aromatic carbocycles. The summed E-state index contributed by atoms with van der Waals surface area (Å²) in [4.78, 5) is 10.7. The Hall–Kier alpha value is -6.36. The molecule has 11 rings (SSSR count). The molecule has 0 saturated heterocycles. The van der Waals surface area contributed by atoms with Crippen LogP contribution >= 0.6 is 11.3 Å². The van der Waals surface area contributed by atoms with Crippen LogP contribution in [0.25, 0.3) is 108 Å². The highest BCUT2D eigenvalue weighted by atomic mass is 32.1. The molecule has 0 aliphatic heterocycles. The Balaban J connectivity index is 1.18. The molecule has 0 radical (unpaired) electrons. The highest BCUT2D eigenvalue weighted by Gasteiger charge is 2.21. The zero-order chi connectivity index (χ0) is 32.8. The summed E-state index contributed by atoms with van der Waals surface area (Å²) in [5.41, 5.74) is 7.99.